The smallest absolute Gasteiger partial charge is 0.0695 e. The van der Waals surface area contributed by atoms with Crippen LogP contribution in [0, 0.1) is 11.8 Å². The first-order chi connectivity index (χ1) is 8.09. The van der Waals surface area contributed by atoms with E-state index in [-0.39, 0.29) is 6.10 Å². The third-order valence-electron chi connectivity index (χ3n) is 4.77. The Morgan fingerprint density at radius 2 is 2.00 bits per heavy atom. The number of rotatable bonds is 3. The van der Waals surface area contributed by atoms with E-state index in [1.54, 1.807) is 0 Å². The van der Waals surface area contributed by atoms with E-state index in [1.165, 1.54) is 6.42 Å². The van der Waals surface area contributed by atoms with E-state index in [1.807, 2.05) is 0 Å². The summed E-state index contributed by atoms with van der Waals surface area (Å²) in [6.45, 7) is 6.33. The number of nitrogens with zero attached hydrogens (tertiary/aromatic N) is 1. The van der Waals surface area contributed by atoms with Crippen molar-refractivity contribution in [1.82, 2.24) is 4.90 Å². The summed E-state index contributed by atoms with van der Waals surface area (Å²) in [5.74, 6) is 1.51. The molecule has 0 spiro atoms. The van der Waals surface area contributed by atoms with Crippen LogP contribution in [0.4, 0.5) is 0 Å². The van der Waals surface area contributed by atoms with E-state index in [4.69, 9.17) is 4.74 Å². The Bertz CT molecular complexity index is 238. The van der Waals surface area contributed by atoms with Crippen molar-refractivity contribution in [2.75, 3.05) is 20.3 Å². The first-order valence-electron chi connectivity index (χ1n) is 7.07. The largest absolute Gasteiger partial charge is 0.391 e. The summed E-state index contributed by atoms with van der Waals surface area (Å²) in [6.07, 6.45) is 4.27. The minimum absolute atomic E-state index is 0.143. The summed E-state index contributed by atoms with van der Waals surface area (Å²) >= 11 is 0. The monoisotopic (exact) mass is 241 g/mol. The fourth-order valence-electron chi connectivity index (χ4n) is 3.32. The molecule has 1 saturated heterocycles. The Kier molecular flexibility index (Phi) is 4.45. The second kappa shape index (κ2) is 5.68. The number of hydrogen-bond donors (Lipinski definition) is 1. The molecule has 1 aliphatic heterocycles. The SMILES string of the molecule is CC(C)C1CCC(O)C(N(C)C2CCOC2)C1. The molecule has 0 amide bonds. The highest BCUT2D eigenvalue weighted by Gasteiger charge is 2.36. The molecule has 1 aliphatic carbocycles. The molecular weight excluding hydrogens is 214 g/mol. The van der Waals surface area contributed by atoms with E-state index in [2.05, 4.69) is 25.8 Å². The lowest BCUT2D eigenvalue weighted by Gasteiger charge is -2.42. The molecule has 0 aromatic rings. The molecule has 1 N–H and O–H groups in total. The van der Waals surface area contributed by atoms with Crippen LogP contribution in [0.5, 0.6) is 0 Å². The van der Waals surface area contributed by atoms with Crippen molar-refractivity contribution in [2.45, 2.75) is 57.7 Å². The molecule has 2 aliphatic rings. The molecule has 2 rings (SSSR count). The van der Waals surface area contributed by atoms with Crippen molar-refractivity contribution in [2.24, 2.45) is 11.8 Å². The molecular formula is C14H27NO2. The predicted octanol–water partition coefficient (Wildman–Crippen LogP) is 1.89. The summed E-state index contributed by atoms with van der Waals surface area (Å²) in [5, 5.41) is 10.2. The van der Waals surface area contributed by atoms with Gasteiger partial charge in [-0.1, -0.05) is 13.8 Å². The number of aliphatic hydroxyl groups is 1. The van der Waals surface area contributed by atoms with Crippen LogP contribution in [0.25, 0.3) is 0 Å². The van der Waals surface area contributed by atoms with E-state index in [0.29, 0.717) is 12.1 Å². The summed E-state index contributed by atoms with van der Waals surface area (Å²) in [4.78, 5) is 2.38. The zero-order chi connectivity index (χ0) is 12.4. The van der Waals surface area contributed by atoms with Crippen molar-refractivity contribution in [3.63, 3.8) is 0 Å². The van der Waals surface area contributed by atoms with Crippen LogP contribution in [0.2, 0.25) is 0 Å². The van der Waals surface area contributed by atoms with Crippen molar-refractivity contribution >= 4 is 0 Å². The van der Waals surface area contributed by atoms with E-state index >= 15 is 0 Å². The van der Waals surface area contributed by atoms with Gasteiger partial charge in [-0.2, -0.15) is 0 Å². The summed E-state index contributed by atoms with van der Waals surface area (Å²) in [6, 6.07) is 0.850. The molecule has 2 fully saturated rings. The van der Waals surface area contributed by atoms with Gasteiger partial charge >= 0.3 is 0 Å². The standard InChI is InChI=1S/C14H27NO2/c1-10(2)11-4-5-14(16)13(8-11)15(3)12-6-7-17-9-12/h10-14,16H,4-9H2,1-3H3. The first kappa shape index (κ1) is 13.3. The molecule has 0 bridgehead atoms. The van der Waals surface area contributed by atoms with Gasteiger partial charge in [0, 0.05) is 18.7 Å². The number of ether oxygens (including phenoxy) is 1. The minimum atomic E-state index is -0.143. The molecule has 1 saturated carbocycles. The summed E-state index contributed by atoms with van der Waals surface area (Å²) in [5.41, 5.74) is 0. The predicted molar refractivity (Wildman–Crippen MR) is 69.0 cm³/mol. The molecule has 100 valence electrons. The zero-order valence-electron chi connectivity index (χ0n) is 11.4. The van der Waals surface area contributed by atoms with Crippen LogP contribution in [0.15, 0.2) is 0 Å². The van der Waals surface area contributed by atoms with Gasteiger partial charge in [-0.05, 0) is 44.6 Å². The number of hydrogen-bond acceptors (Lipinski definition) is 3. The fourth-order valence-corrected chi connectivity index (χ4v) is 3.32. The molecule has 1 heterocycles. The molecule has 0 aromatic heterocycles. The average Bonchev–Trinajstić information content (AvgIpc) is 2.81. The summed E-state index contributed by atoms with van der Waals surface area (Å²) < 4.78 is 5.46. The highest BCUT2D eigenvalue weighted by molar-refractivity contribution is 4.90. The van der Waals surface area contributed by atoms with Crippen molar-refractivity contribution in [3.05, 3.63) is 0 Å². The quantitative estimate of drug-likeness (QED) is 0.819. The third-order valence-corrected chi connectivity index (χ3v) is 4.77. The second-order valence-electron chi connectivity index (χ2n) is 6.13. The van der Waals surface area contributed by atoms with Gasteiger partial charge in [-0.15, -0.1) is 0 Å². The van der Waals surface area contributed by atoms with Gasteiger partial charge in [0.1, 0.15) is 0 Å². The van der Waals surface area contributed by atoms with Gasteiger partial charge in [0.25, 0.3) is 0 Å². The number of aliphatic hydroxyl groups excluding tert-OH is 1. The molecule has 0 aromatic carbocycles. The van der Waals surface area contributed by atoms with Crippen LogP contribution in [-0.4, -0.2) is 48.5 Å². The molecule has 0 radical (unpaired) electrons. The van der Waals surface area contributed by atoms with E-state index in [9.17, 15) is 5.11 Å². The molecule has 4 atom stereocenters. The van der Waals surface area contributed by atoms with Gasteiger partial charge in [0.05, 0.1) is 12.7 Å². The van der Waals surface area contributed by atoms with Crippen molar-refractivity contribution < 1.29 is 9.84 Å². The van der Waals surface area contributed by atoms with Crippen LogP contribution < -0.4 is 0 Å². The van der Waals surface area contributed by atoms with Crippen LogP contribution in [0.3, 0.4) is 0 Å². The first-order valence-corrected chi connectivity index (χ1v) is 7.07. The Morgan fingerprint density at radius 1 is 1.24 bits per heavy atom. The lowest BCUT2D eigenvalue weighted by atomic mass is 9.77. The van der Waals surface area contributed by atoms with E-state index < -0.39 is 0 Å². The maximum Gasteiger partial charge on any atom is 0.0695 e. The Balaban J connectivity index is 1.96. The normalized spacial score (nSPS) is 39.2. The molecule has 4 unspecified atom stereocenters. The van der Waals surface area contributed by atoms with Gasteiger partial charge < -0.3 is 9.84 Å². The second-order valence-corrected chi connectivity index (χ2v) is 6.13. The topological polar surface area (TPSA) is 32.7 Å². The molecule has 3 heteroatoms. The van der Waals surface area contributed by atoms with Crippen LogP contribution >= 0.6 is 0 Å². The lowest BCUT2D eigenvalue weighted by Crippen LogP contribution is -2.50. The van der Waals surface area contributed by atoms with Gasteiger partial charge in [0.15, 0.2) is 0 Å². The highest BCUT2D eigenvalue weighted by atomic mass is 16.5. The highest BCUT2D eigenvalue weighted by Crippen LogP contribution is 2.33. The molecule has 3 nitrogen and oxygen atoms in total. The van der Waals surface area contributed by atoms with Gasteiger partial charge in [-0.25, -0.2) is 0 Å². The van der Waals surface area contributed by atoms with Gasteiger partial charge in [0.2, 0.25) is 0 Å². The average molecular weight is 241 g/mol. The Labute approximate surface area is 105 Å². The number of likely N-dealkylation sites (N-methyl/N-ethyl adjacent to an activating group) is 1. The van der Waals surface area contributed by atoms with E-state index in [0.717, 1.165) is 44.3 Å². The third kappa shape index (κ3) is 3.01. The Morgan fingerprint density at radius 3 is 2.59 bits per heavy atom. The fraction of sp³-hybridized carbons (Fsp3) is 1.00. The Hall–Kier alpha value is -0.120. The van der Waals surface area contributed by atoms with Crippen molar-refractivity contribution in [3.8, 4) is 0 Å². The maximum atomic E-state index is 10.2. The zero-order valence-corrected chi connectivity index (χ0v) is 11.4. The van der Waals surface area contributed by atoms with Crippen molar-refractivity contribution in [1.29, 1.82) is 0 Å². The van der Waals surface area contributed by atoms with Crippen LogP contribution in [0.1, 0.15) is 39.5 Å². The summed E-state index contributed by atoms with van der Waals surface area (Å²) in [7, 11) is 2.16. The minimum Gasteiger partial charge on any atom is -0.391 e. The molecule has 17 heavy (non-hydrogen) atoms. The van der Waals surface area contributed by atoms with Gasteiger partial charge in [-0.3, -0.25) is 4.90 Å². The van der Waals surface area contributed by atoms with Crippen LogP contribution in [-0.2, 0) is 4.74 Å². The maximum absolute atomic E-state index is 10.2. The lowest BCUT2D eigenvalue weighted by molar-refractivity contribution is -0.0118.